The minimum atomic E-state index is -0.598. The Hall–Kier alpha value is -1.66. The molecule has 0 saturated carbocycles. The normalized spacial score (nSPS) is 12.3. The molecule has 0 fully saturated rings. The number of hydrogen-bond acceptors (Lipinski definition) is 6. The Balaban J connectivity index is 1.74. The van der Waals surface area contributed by atoms with E-state index in [1.165, 1.54) is 11.8 Å². The lowest BCUT2D eigenvalue weighted by Crippen LogP contribution is -2.20. The fraction of sp³-hybridized carbons (Fsp3) is 0.308. The third-order valence-electron chi connectivity index (χ3n) is 2.30. The standard InChI is InChI=1S/C13H16N2O3S/c1-9-6-18-13(15-9)19-8-11(16)7-17-12-4-2-3-10(14)5-12/h2-6,11,16H,7-8,14H2,1H3. The second-order valence-electron chi connectivity index (χ2n) is 4.10. The Morgan fingerprint density at radius 3 is 3.05 bits per heavy atom. The van der Waals surface area contributed by atoms with Crippen molar-refractivity contribution in [3.8, 4) is 5.75 Å². The number of nitrogens with two attached hydrogens (primary N) is 1. The van der Waals surface area contributed by atoms with Gasteiger partial charge in [-0.15, -0.1) is 0 Å². The van der Waals surface area contributed by atoms with Crippen LogP contribution in [0.4, 0.5) is 5.69 Å². The van der Waals surface area contributed by atoms with Crippen LogP contribution in [0.3, 0.4) is 0 Å². The van der Waals surface area contributed by atoms with Crippen molar-refractivity contribution in [1.82, 2.24) is 4.98 Å². The highest BCUT2D eigenvalue weighted by Gasteiger charge is 2.09. The number of ether oxygens (including phenoxy) is 1. The van der Waals surface area contributed by atoms with Crippen molar-refractivity contribution in [3.63, 3.8) is 0 Å². The molecule has 2 aromatic rings. The van der Waals surface area contributed by atoms with Crippen LogP contribution < -0.4 is 10.5 Å². The lowest BCUT2D eigenvalue weighted by Gasteiger charge is -2.11. The molecule has 102 valence electrons. The van der Waals surface area contributed by atoms with Crippen LogP contribution in [-0.2, 0) is 0 Å². The molecule has 0 spiro atoms. The van der Waals surface area contributed by atoms with Gasteiger partial charge < -0.3 is 20.0 Å². The van der Waals surface area contributed by atoms with Crippen molar-refractivity contribution in [2.45, 2.75) is 18.3 Å². The predicted octanol–water partition coefficient (Wildman–Crippen LogP) is 2.10. The second kappa shape index (κ2) is 6.49. The minimum absolute atomic E-state index is 0.205. The second-order valence-corrected chi connectivity index (χ2v) is 5.07. The zero-order valence-electron chi connectivity index (χ0n) is 10.6. The number of oxazole rings is 1. The first-order valence-corrected chi connectivity index (χ1v) is 6.83. The number of benzene rings is 1. The zero-order valence-corrected chi connectivity index (χ0v) is 11.4. The van der Waals surface area contributed by atoms with Gasteiger partial charge in [0.15, 0.2) is 0 Å². The molecule has 0 saturated heterocycles. The number of aliphatic hydroxyl groups excluding tert-OH is 1. The summed E-state index contributed by atoms with van der Waals surface area (Å²) < 4.78 is 10.6. The van der Waals surface area contributed by atoms with Gasteiger partial charge in [0, 0.05) is 17.5 Å². The predicted molar refractivity (Wildman–Crippen MR) is 74.3 cm³/mol. The van der Waals surface area contributed by atoms with E-state index in [0.29, 0.717) is 22.4 Å². The highest BCUT2D eigenvalue weighted by atomic mass is 32.2. The number of anilines is 1. The van der Waals surface area contributed by atoms with Crippen LogP contribution in [0.2, 0.25) is 0 Å². The number of aromatic nitrogens is 1. The van der Waals surface area contributed by atoms with Crippen LogP contribution >= 0.6 is 11.8 Å². The molecule has 0 bridgehead atoms. The number of rotatable bonds is 6. The van der Waals surface area contributed by atoms with E-state index in [2.05, 4.69) is 4.98 Å². The summed E-state index contributed by atoms with van der Waals surface area (Å²) in [6.45, 7) is 2.06. The summed E-state index contributed by atoms with van der Waals surface area (Å²) in [6.07, 6.45) is 0.983. The van der Waals surface area contributed by atoms with Crippen molar-refractivity contribution in [2.24, 2.45) is 0 Å². The van der Waals surface area contributed by atoms with Gasteiger partial charge in [-0.2, -0.15) is 0 Å². The molecule has 3 N–H and O–H groups in total. The lowest BCUT2D eigenvalue weighted by atomic mass is 10.3. The molecule has 0 aliphatic carbocycles. The summed E-state index contributed by atoms with van der Waals surface area (Å²) in [5.74, 6) is 1.11. The Bertz CT molecular complexity index is 530. The summed E-state index contributed by atoms with van der Waals surface area (Å²) in [6, 6.07) is 7.11. The topological polar surface area (TPSA) is 81.5 Å². The van der Waals surface area contributed by atoms with E-state index in [0.717, 1.165) is 5.69 Å². The van der Waals surface area contributed by atoms with E-state index in [-0.39, 0.29) is 6.61 Å². The Morgan fingerprint density at radius 1 is 1.53 bits per heavy atom. The number of nitrogen functional groups attached to an aromatic ring is 1. The Morgan fingerprint density at radius 2 is 2.37 bits per heavy atom. The van der Waals surface area contributed by atoms with Gasteiger partial charge in [-0.3, -0.25) is 0 Å². The molecule has 1 aromatic carbocycles. The third-order valence-corrected chi connectivity index (χ3v) is 3.28. The van der Waals surface area contributed by atoms with Crippen molar-refractivity contribution in [2.75, 3.05) is 18.1 Å². The maximum atomic E-state index is 9.80. The first kappa shape index (κ1) is 13.8. The van der Waals surface area contributed by atoms with E-state index in [9.17, 15) is 5.11 Å². The van der Waals surface area contributed by atoms with Gasteiger partial charge >= 0.3 is 0 Å². The molecule has 1 unspecified atom stereocenters. The van der Waals surface area contributed by atoms with Crippen LogP contribution in [0, 0.1) is 6.92 Å². The van der Waals surface area contributed by atoms with E-state index in [4.69, 9.17) is 14.9 Å². The van der Waals surface area contributed by atoms with Crippen molar-refractivity contribution < 1.29 is 14.3 Å². The smallest absolute Gasteiger partial charge is 0.255 e. The van der Waals surface area contributed by atoms with Gasteiger partial charge in [-0.05, 0) is 19.1 Å². The molecule has 1 aromatic heterocycles. The van der Waals surface area contributed by atoms with E-state index >= 15 is 0 Å². The quantitative estimate of drug-likeness (QED) is 0.623. The van der Waals surface area contributed by atoms with Gasteiger partial charge in [0.05, 0.1) is 11.8 Å². The summed E-state index contributed by atoms with van der Waals surface area (Å²) in [5.41, 5.74) is 7.10. The van der Waals surface area contributed by atoms with Gasteiger partial charge in [-0.25, -0.2) is 4.98 Å². The maximum Gasteiger partial charge on any atom is 0.255 e. The SMILES string of the molecule is Cc1coc(SCC(O)COc2cccc(N)c2)n1. The first-order chi connectivity index (χ1) is 9.13. The molecule has 6 heteroatoms. The molecular weight excluding hydrogens is 264 g/mol. The Kier molecular flexibility index (Phi) is 4.70. The first-order valence-electron chi connectivity index (χ1n) is 5.85. The summed E-state index contributed by atoms with van der Waals surface area (Å²) in [7, 11) is 0. The zero-order chi connectivity index (χ0) is 13.7. The molecule has 0 amide bonds. The maximum absolute atomic E-state index is 9.80. The van der Waals surface area contributed by atoms with Crippen LogP contribution in [0.15, 0.2) is 40.2 Å². The molecule has 0 radical (unpaired) electrons. The molecule has 5 nitrogen and oxygen atoms in total. The van der Waals surface area contributed by atoms with E-state index in [1.807, 2.05) is 6.92 Å². The van der Waals surface area contributed by atoms with Gasteiger partial charge in [-0.1, -0.05) is 17.8 Å². The number of aliphatic hydroxyl groups is 1. The fourth-order valence-electron chi connectivity index (χ4n) is 1.41. The molecule has 0 aliphatic heterocycles. The number of hydrogen-bond donors (Lipinski definition) is 2. The van der Waals surface area contributed by atoms with Gasteiger partial charge in [0.2, 0.25) is 0 Å². The fourth-order valence-corrected chi connectivity index (χ4v) is 2.17. The lowest BCUT2D eigenvalue weighted by molar-refractivity contribution is 0.126. The monoisotopic (exact) mass is 280 g/mol. The van der Waals surface area contributed by atoms with E-state index in [1.54, 1.807) is 30.5 Å². The van der Waals surface area contributed by atoms with Crippen LogP contribution in [0.25, 0.3) is 0 Å². The summed E-state index contributed by atoms with van der Waals surface area (Å²) >= 11 is 1.36. The number of aryl methyl sites for hydroxylation is 1. The molecule has 1 heterocycles. The number of thioether (sulfide) groups is 1. The van der Waals surface area contributed by atoms with Crippen molar-refractivity contribution in [3.05, 3.63) is 36.2 Å². The largest absolute Gasteiger partial charge is 0.491 e. The van der Waals surface area contributed by atoms with Crippen LogP contribution in [0.1, 0.15) is 5.69 Å². The molecule has 2 rings (SSSR count). The molecule has 1 atom stereocenters. The summed E-state index contributed by atoms with van der Waals surface area (Å²) in [5, 5.41) is 10.4. The molecular formula is C13H16N2O3S. The van der Waals surface area contributed by atoms with Gasteiger partial charge in [0.25, 0.3) is 5.22 Å². The van der Waals surface area contributed by atoms with E-state index < -0.39 is 6.10 Å². The Labute approximate surface area is 115 Å². The summed E-state index contributed by atoms with van der Waals surface area (Å²) in [4.78, 5) is 4.14. The highest BCUT2D eigenvalue weighted by molar-refractivity contribution is 7.99. The molecule has 0 aliphatic rings. The average Bonchev–Trinajstić information content (AvgIpc) is 2.80. The average molecular weight is 280 g/mol. The third kappa shape index (κ3) is 4.50. The number of nitrogens with zero attached hydrogens (tertiary/aromatic N) is 1. The van der Waals surface area contributed by atoms with Crippen molar-refractivity contribution >= 4 is 17.4 Å². The highest BCUT2D eigenvalue weighted by Crippen LogP contribution is 2.19. The molecule has 19 heavy (non-hydrogen) atoms. The van der Waals surface area contributed by atoms with Crippen LogP contribution in [0.5, 0.6) is 5.75 Å². The minimum Gasteiger partial charge on any atom is -0.491 e. The van der Waals surface area contributed by atoms with Crippen molar-refractivity contribution in [1.29, 1.82) is 0 Å². The van der Waals surface area contributed by atoms with Crippen LogP contribution in [-0.4, -0.2) is 28.6 Å². The van der Waals surface area contributed by atoms with Gasteiger partial charge in [0.1, 0.15) is 18.6 Å².